The molecule has 0 N–H and O–H groups in total. The summed E-state index contributed by atoms with van der Waals surface area (Å²) in [5.74, 6) is -0.315. The second kappa shape index (κ2) is 4.84. The second-order valence-corrected chi connectivity index (χ2v) is 3.95. The van der Waals surface area contributed by atoms with Crippen LogP contribution < -0.4 is 5.56 Å². The Kier molecular flexibility index (Phi) is 3.24. The van der Waals surface area contributed by atoms with Crippen molar-refractivity contribution in [3.63, 3.8) is 0 Å². The zero-order valence-corrected chi connectivity index (χ0v) is 9.85. The molecule has 0 spiro atoms. The van der Waals surface area contributed by atoms with Gasteiger partial charge in [-0.25, -0.2) is 4.39 Å². The first-order valence-electron chi connectivity index (χ1n) is 5.45. The summed E-state index contributed by atoms with van der Waals surface area (Å²) in [5, 5.41) is 8.61. The van der Waals surface area contributed by atoms with Crippen LogP contribution in [0.1, 0.15) is 5.56 Å². The van der Waals surface area contributed by atoms with Crippen LogP contribution >= 0.6 is 0 Å². The Bertz CT molecular complexity index is 666. The summed E-state index contributed by atoms with van der Waals surface area (Å²) in [4.78, 5) is 12.0. The topological polar surface area (TPSA) is 45.8 Å². The summed E-state index contributed by atoms with van der Waals surface area (Å²) in [6.07, 6.45) is 0.0936. The number of aromatic nitrogens is 1. The fourth-order valence-electron chi connectivity index (χ4n) is 1.82. The lowest BCUT2D eigenvalue weighted by atomic mass is 10.1. The Morgan fingerprint density at radius 2 is 1.89 bits per heavy atom. The van der Waals surface area contributed by atoms with Gasteiger partial charge in [0, 0.05) is 12.6 Å². The van der Waals surface area contributed by atoms with Gasteiger partial charge in [-0.05, 0) is 35.9 Å². The standard InChI is InChI=1S/C14H11FN2O/c1-17-13(10-2-5-12(15)6-3-10)7-4-11(8-9-16)14(17)18/h2-7H,8H2,1H3. The molecule has 0 fully saturated rings. The van der Waals surface area contributed by atoms with Crippen molar-refractivity contribution in [2.24, 2.45) is 7.05 Å². The molecule has 90 valence electrons. The summed E-state index contributed by atoms with van der Waals surface area (Å²) >= 11 is 0. The van der Waals surface area contributed by atoms with Crippen molar-refractivity contribution in [1.82, 2.24) is 4.57 Å². The maximum atomic E-state index is 12.8. The zero-order chi connectivity index (χ0) is 13.1. The first kappa shape index (κ1) is 12.1. The van der Waals surface area contributed by atoms with Gasteiger partial charge in [0.05, 0.1) is 18.2 Å². The second-order valence-electron chi connectivity index (χ2n) is 3.95. The molecule has 0 aliphatic rings. The third kappa shape index (κ3) is 2.16. The molecular weight excluding hydrogens is 231 g/mol. The Labute approximate surface area is 104 Å². The zero-order valence-electron chi connectivity index (χ0n) is 9.85. The minimum absolute atomic E-state index is 0.0936. The summed E-state index contributed by atoms with van der Waals surface area (Å²) in [6, 6.07) is 11.3. The van der Waals surface area contributed by atoms with Crippen LogP contribution in [0.15, 0.2) is 41.2 Å². The van der Waals surface area contributed by atoms with Crippen LogP contribution in [0, 0.1) is 17.1 Å². The van der Waals surface area contributed by atoms with E-state index < -0.39 is 0 Å². The molecule has 0 aliphatic heterocycles. The van der Waals surface area contributed by atoms with Crippen LogP contribution in [0.5, 0.6) is 0 Å². The lowest BCUT2D eigenvalue weighted by Crippen LogP contribution is -2.21. The Morgan fingerprint density at radius 1 is 1.22 bits per heavy atom. The number of pyridine rings is 1. The van der Waals surface area contributed by atoms with E-state index in [0.29, 0.717) is 11.3 Å². The molecule has 0 radical (unpaired) electrons. The van der Waals surface area contributed by atoms with E-state index in [1.54, 1.807) is 31.3 Å². The predicted molar refractivity (Wildman–Crippen MR) is 66.4 cm³/mol. The quantitative estimate of drug-likeness (QED) is 0.810. The molecule has 4 heteroatoms. The van der Waals surface area contributed by atoms with Gasteiger partial charge in [0.15, 0.2) is 0 Å². The molecule has 1 aromatic heterocycles. The van der Waals surface area contributed by atoms with Gasteiger partial charge in [-0.3, -0.25) is 4.79 Å². The SMILES string of the molecule is Cn1c(-c2ccc(F)cc2)ccc(CC#N)c1=O. The van der Waals surface area contributed by atoms with Crippen molar-refractivity contribution in [2.75, 3.05) is 0 Å². The Morgan fingerprint density at radius 3 is 2.50 bits per heavy atom. The number of nitrogens with zero attached hydrogens (tertiary/aromatic N) is 2. The van der Waals surface area contributed by atoms with Crippen molar-refractivity contribution in [1.29, 1.82) is 5.26 Å². The van der Waals surface area contributed by atoms with Gasteiger partial charge in [0.2, 0.25) is 0 Å². The van der Waals surface area contributed by atoms with Crippen molar-refractivity contribution in [2.45, 2.75) is 6.42 Å². The number of benzene rings is 1. The maximum absolute atomic E-state index is 12.8. The highest BCUT2D eigenvalue weighted by atomic mass is 19.1. The van der Waals surface area contributed by atoms with Crippen molar-refractivity contribution in [3.05, 3.63) is 58.1 Å². The molecule has 3 nitrogen and oxygen atoms in total. The van der Waals surface area contributed by atoms with Gasteiger partial charge >= 0.3 is 0 Å². The van der Waals surface area contributed by atoms with Crippen LogP contribution in [0.25, 0.3) is 11.3 Å². The Balaban J connectivity index is 2.54. The van der Waals surface area contributed by atoms with E-state index in [1.807, 2.05) is 6.07 Å². The van der Waals surface area contributed by atoms with Gasteiger partial charge in [-0.15, -0.1) is 0 Å². The molecule has 0 saturated heterocycles. The molecule has 0 saturated carbocycles. The fraction of sp³-hybridized carbons (Fsp3) is 0.143. The first-order chi connectivity index (χ1) is 8.63. The average Bonchev–Trinajstić information content (AvgIpc) is 2.37. The number of rotatable bonds is 2. The number of nitriles is 1. The van der Waals surface area contributed by atoms with E-state index in [-0.39, 0.29) is 17.8 Å². The monoisotopic (exact) mass is 242 g/mol. The van der Waals surface area contributed by atoms with Gasteiger partial charge in [0.25, 0.3) is 5.56 Å². The largest absolute Gasteiger partial charge is 0.311 e. The molecule has 2 aromatic rings. The number of hydrogen-bond donors (Lipinski definition) is 0. The molecule has 0 bridgehead atoms. The third-order valence-corrected chi connectivity index (χ3v) is 2.79. The van der Waals surface area contributed by atoms with E-state index in [2.05, 4.69) is 0 Å². The first-order valence-corrected chi connectivity index (χ1v) is 5.45. The Hall–Kier alpha value is -2.41. The van der Waals surface area contributed by atoms with E-state index in [9.17, 15) is 9.18 Å². The van der Waals surface area contributed by atoms with Crippen LogP contribution in [0.3, 0.4) is 0 Å². The summed E-state index contributed by atoms with van der Waals surface area (Å²) < 4.78 is 14.3. The molecule has 18 heavy (non-hydrogen) atoms. The highest BCUT2D eigenvalue weighted by Gasteiger charge is 2.07. The molecule has 1 aromatic carbocycles. The van der Waals surface area contributed by atoms with E-state index >= 15 is 0 Å². The number of hydrogen-bond acceptors (Lipinski definition) is 2. The molecule has 0 atom stereocenters. The maximum Gasteiger partial charge on any atom is 0.255 e. The summed E-state index contributed by atoms with van der Waals surface area (Å²) in [5.41, 5.74) is 1.73. The van der Waals surface area contributed by atoms with Crippen LogP contribution in [-0.4, -0.2) is 4.57 Å². The normalized spacial score (nSPS) is 10.1. The van der Waals surface area contributed by atoms with Crippen LogP contribution in [0.2, 0.25) is 0 Å². The van der Waals surface area contributed by atoms with E-state index in [1.165, 1.54) is 16.7 Å². The highest BCUT2D eigenvalue weighted by Crippen LogP contribution is 2.18. The summed E-state index contributed by atoms with van der Waals surface area (Å²) in [7, 11) is 1.64. The molecule has 0 amide bonds. The molecule has 1 heterocycles. The summed E-state index contributed by atoms with van der Waals surface area (Å²) in [6.45, 7) is 0. The smallest absolute Gasteiger partial charge is 0.255 e. The molecule has 2 rings (SSSR count). The van der Waals surface area contributed by atoms with E-state index in [4.69, 9.17) is 5.26 Å². The minimum atomic E-state index is -0.315. The number of halogens is 1. The highest BCUT2D eigenvalue weighted by molar-refractivity contribution is 5.59. The van der Waals surface area contributed by atoms with E-state index in [0.717, 1.165) is 5.56 Å². The minimum Gasteiger partial charge on any atom is -0.311 e. The predicted octanol–water partition coefficient (Wildman–Crippen LogP) is 2.26. The van der Waals surface area contributed by atoms with Gasteiger partial charge < -0.3 is 4.57 Å². The fourth-order valence-corrected chi connectivity index (χ4v) is 1.82. The van der Waals surface area contributed by atoms with Crippen molar-refractivity contribution >= 4 is 0 Å². The van der Waals surface area contributed by atoms with Crippen LogP contribution in [-0.2, 0) is 13.5 Å². The van der Waals surface area contributed by atoms with Crippen molar-refractivity contribution < 1.29 is 4.39 Å². The van der Waals surface area contributed by atoms with Crippen molar-refractivity contribution in [3.8, 4) is 17.3 Å². The van der Waals surface area contributed by atoms with Gasteiger partial charge in [-0.1, -0.05) is 6.07 Å². The van der Waals surface area contributed by atoms with Gasteiger partial charge in [-0.2, -0.15) is 5.26 Å². The third-order valence-electron chi connectivity index (χ3n) is 2.79. The van der Waals surface area contributed by atoms with Gasteiger partial charge in [0.1, 0.15) is 5.82 Å². The molecular formula is C14H11FN2O. The molecule has 0 unspecified atom stereocenters. The van der Waals surface area contributed by atoms with Crippen LogP contribution in [0.4, 0.5) is 4.39 Å². The molecule has 0 aliphatic carbocycles. The lowest BCUT2D eigenvalue weighted by molar-refractivity contribution is 0.628. The average molecular weight is 242 g/mol. The lowest BCUT2D eigenvalue weighted by Gasteiger charge is -2.09.